The zero-order chi connectivity index (χ0) is 23.2. The number of nitrogens with zero attached hydrogens (tertiary/aromatic N) is 2. The fourth-order valence-electron chi connectivity index (χ4n) is 5.75. The number of carbonyl (C=O) groups excluding carboxylic acids is 3. The summed E-state index contributed by atoms with van der Waals surface area (Å²) in [6, 6.07) is 7.99. The first-order chi connectivity index (χ1) is 15.9. The Kier molecular flexibility index (Phi) is 5.65. The minimum Gasteiger partial charge on any atom is -0.350 e. The Balaban J connectivity index is 1.35. The maximum Gasteiger partial charge on any atom is 0.271 e. The summed E-state index contributed by atoms with van der Waals surface area (Å²) < 4.78 is 0. The predicted molar refractivity (Wildman–Crippen MR) is 124 cm³/mol. The van der Waals surface area contributed by atoms with Crippen LogP contribution in [0.2, 0.25) is 5.02 Å². The molecule has 3 fully saturated rings. The smallest absolute Gasteiger partial charge is 0.271 e. The van der Waals surface area contributed by atoms with Gasteiger partial charge in [0.2, 0.25) is 5.91 Å². The number of H-pyrrole nitrogens is 1. The summed E-state index contributed by atoms with van der Waals surface area (Å²) in [6.07, 6.45) is 6.23. The van der Waals surface area contributed by atoms with Crippen LogP contribution >= 0.6 is 11.6 Å². The van der Waals surface area contributed by atoms with Crippen molar-refractivity contribution in [1.82, 2.24) is 15.2 Å². The van der Waals surface area contributed by atoms with Crippen LogP contribution in [0, 0.1) is 22.7 Å². The van der Waals surface area contributed by atoms with Gasteiger partial charge in [-0.3, -0.25) is 14.4 Å². The molecule has 0 radical (unpaired) electrons. The minimum atomic E-state index is -0.727. The van der Waals surface area contributed by atoms with E-state index in [0.717, 1.165) is 43.0 Å². The molecule has 8 heteroatoms. The Labute approximate surface area is 197 Å². The van der Waals surface area contributed by atoms with Crippen molar-refractivity contribution in [2.45, 2.75) is 63.5 Å². The average Bonchev–Trinajstić information content (AvgIpc) is 3.49. The van der Waals surface area contributed by atoms with E-state index in [1.165, 1.54) is 0 Å². The largest absolute Gasteiger partial charge is 0.350 e. The van der Waals surface area contributed by atoms with Crippen LogP contribution in [-0.4, -0.2) is 46.1 Å². The van der Waals surface area contributed by atoms with Gasteiger partial charge in [-0.2, -0.15) is 5.26 Å². The summed E-state index contributed by atoms with van der Waals surface area (Å²) in [4.78, 5) is 43.6. The average molecular weight is 467 g/mol. The van der Waals surface area contributed by atoms with Gasteiger partial charge >= 0.3 is 0 Å². The van der Waals surface area contributed by atoms with Crippen LogP contribution in [0.1, 0.15) is 61.9 Å². The van der Waals surface area contributed by atoms with Gasteiger partial charge < -0.3 is 15.2 Å². The molecule has 1 unspecified atom stereocenters. The lowest BCUT2D eigenvalue weighted by molar-refractivity contribution is -0.126. The van der Waals surface area contributed by atoms with Gasteiger partial charge in [-0.15, -0.1) is 0 Å². The highest BCUT2D eigenvalue weighted by Gasteiger charge is 2.52. The van der Waals surface area contributed by atoms with E-state index in [4.69, 9.17) is 11.6 Å². The second-order valence-electron chi connectivity index (χ2n) is 9.90. The topological polar surface area (TPSA) is 106 Å². The Bertz CT molecular complexity index is 1160. The zero-order valence-corrected chi connectivity index (χ0v) is 19.2. The number of Topliss-reactive ketones (excluding diaryl/α,β-unsaturated/α-hetero) is 1. The van der Waals surface area contributed by atoms with E-state index in [2.05, 4.69) is 16.4 Å². The van der Waals surface area contributed by atoms with Crippen molar-refractivity contribution in [1.29, 1.82) is 5.26 Å². The number of aromatic amines is 1. The lowest BCUT2D eigenvalue weighted by atomic mass is 9.67. The Morgan fingerprint density at radius 3 is 2.79 bits per heavy atom. The van der Waals surface area contributed by atoms with Gasteiger partial charge in [0.25, 0.3) is 5.91 Å². The summed E-state index contributed by atoms with van der Waals surface area (Å²) in [6.45, 7) is 0.540. The van der Waals surface area contributed by atoms with Crippen LogP contribution in [-0.2, 0) is 9.59 Å². The number of hydrogen-bond acceptors (Lipinski definition) is 4. The molecule has 3 atom stereocenters. The van der Waals surface area contributed by atoms with Crippen molar-refractivity contribution in [3.05, 3.63) is 35.0 Å². The SMILES string of the molecule is N#C[C@H](C[C@@H]1CCCC1=O)NC(=O)C1CC2(CCC2)CN1C(=O)c1cc2ccc(Cl)cc2[nH]1. The van der Waals surface area contributed by atoms with Crippen molar-refractivity contribution in [2.24, 2.45) is 11.3 Å². The van der Waals surface area contributed by atoms with Crippen LogP contribution in [0.5, 0.6) is 0 Å². The summed E-state index contributed by atoms with van der Waals surface area (Å²) in [5.41, 5.74) is 1.18. The quantitative estimate of drug-likeness (QED) is 0.695. The van der Waals surface area contributed by atoms with Gasteiger partial charge in [0.1, 0.15) is 23.6 Å². The van der Waals surface area contributed by atoms with Crippen molar-refractivity contribution in [3.8, 4) is 6.07 Å². The van der Waals surface area contributed by atoms with Crippen LogP contribution < -0.4 is 5.32 Å². The molecule has 2 amide bonds. The van der Waals surface area contributed by atoms with Crippen molar-refractivity contribution >= 4 is 40.1 Å². The van der Waals surface area contributed by atoms with E-state index >= 15 is 0 Å². The first-order valence-electron chi connectivity index (χ1n) is 11.7. The van der Waals surface area contributed by atoms with E-state index in [1.807, 2.05) is 6.07 Å². The molecule has 1 aliphatic heterocycles. The third-order valence-corrected chi connectivity index (χ3v) is 7.96. The molecule has 172 valence electrons. The van der Waals surface area contributed by atoms with E-state index in [0.29, 0.717) is 36.5 Å². The van der Waals surface area contributed by atoms with Gasteiger partial charge in [0.05, 0.1) is 6.07 Å². The molecule has 2 N–H and O–H groups in total. The highest BCUT2D eigenvalue weighted by molar-refractivity contribution is 6.31. The van der Waals surface area contributed by atoms with E-state index in [1.54, 1.807) is 23.1 Å². The molecule has 2 aliphatic carbocycles. The second-order valence-corrected chi connectivity index (χ2v) is 10.3. The summed E-state index contributed by atoms with van der Waals surface area (Å²) in [7, 11) is 0. The molecule has 2 heterocycles. The highest BCUT2D eigenvalue weighted by atomic mass is 35.5. The maximum absolute atomic E-state index is 13.5. The normalized spacial score (nSPS) is 24.6. The number of nitriles is 1. The first-order valence-corrected chi connectivity index (χ1v) is 12.1. The van der Waals surface area contributed by atoms with Crippen LogP contribution in [0.15, 0.2) is 24.3 Å². The molecule has 2 saturated carbocycles. The predicted octanol–water partition coefficient (Wildman–Crippen LogP) is 3.97. The number of fused-ring (bicyclic) bond motifs is 1. The van der Waals surface area contributed by atoms with E-state index in [9.17, 15) is 19.6 Å². The number of aromatic nitrogens is 1. The third kappa shape index (κ3) is 4.13. The number of likely N-dealkylation sites (tertiary alicyclic amines) is 1. The molecular weight excluding hydrogens is 440 g/mol. The highest BCUT2D eigenvalue weighted by Crippen LogP contribution is 2.50. The molecule has 3 aliphatic rings. The molecule has 33 heavy (non-hydrogen) atoms. The molecule has 2 aromatic rings. The number of rotatable bonds is 5. The van der Waals surface area contributed by atoms with E-state index in [-0.39, 0.29) is 28.9 Å². The molecule has 0 bridgehead atoms. The third-order valence-electron chi connectivity index (χ3n) is 7.72. The molecule has 1 saturated heterocycles. The fourth-order valence-corrected chi connectivity index (χ4v) is 5.92. The van der Waals surface area contributed by atoms with E-state index < -0.39 is 12.1 Å². The molecule has 1 spiro atoms. The fraction of sp³-hybridized carbons (Fsp3) is 0.520. The number of nitrogens with one attached hydrogen (secondary N) is 2. The number of carbonyl (C=O) groups is 3. The van der Waals surface area contributed by atoms with Crippen molar-refractivity contribution < 1.29 is 14.4 Å². The lowest BCUT2D eigenvalue weighted by Crippen LogP contribution is -2.49. The first kappa shape index (κ1) is 22.0. The molecule has 1 aromatic heterocycles. The summed E-state index contributed by atoms with van der Waals surface area (Å²) in [5.74, 6) is -0.504. The van der Waals surface area contributed by atoms with Gasteiger partial charge in [-0.1, -0.05) is 24.1 Å². The molecule has 7 nitrogen and oxygen atoms in total. The van der Waals surface area contributed by atoms with Gasteiger partial charge in [-0.05, 0) is 62.1 Å². The number of halogens is 1. The van der Waals surface area contributed by atoms with Gasteiger partial charge in [-0.25, -0.2) is 0 Å². The Morgan fingerprint density at radius 2 is 2.12 bits per heavy atom. The second kappa shape index (κ2) is 8.49. The van der Waals surface area contributed by atoms with Gasteiger partial charge in [0, 0.05) is 34.8 Å². The van der Waals surface area contributed by atoms with Gasteiger partial charge in [0.15, 0.2) is 0 Å². The lowest BCUT2D eigenvalue weighted by Gasteiger charge is -2.37. The molecule has 5 rings (SSSR count). The Morgan fingerprint density at radius 1 is 1.30 bits per heavy atom. The minimum absolute atomic E-state index is 0.0173. The number of benzene rings is 1. The standard InChI is InChI=1S/C25H27ClN4O3/c26-17-6-5-15-10-20(29-19(15)11-17)24(33)30-14-25(7-2-8-25)12-21(30)23(32)28-18(13-27)9-16-3-1-4-22(16)31/h5-6,10-11,16,18,21,29H,1-4,7-9,12,14H2,(H,28,32)/t16-,18-,21?/m0/s1. The van der Waals surface area contributed by atoms with Crippen LogP contribution in [0.4, 0.5) is 0 Å². The summed E-state index contributed by atoms with van der Waals surface area (Å²) >= 11 is 6.08. The monoisotopic (exact) mass is 466 g/mol. The van der Waals surface area contributed by atoms with Crippen molar-refractivity contribution in [3.63, 3.8) is 0 Å². The maximum atomic E-state index is 13.5. The number of hydrogen-bond donors (Lipinski definition) is 2. The molecule has 1 aromatic carbocycles. The number of amides is 2. The Hall–Kier alpha value is -2.85. The van der Waals surface area contributed by atoms with Crippen molar-refractivity contribution in [2.75, 3.05) is 6.54 Å². The number of ketones is 1. The van der Waals surface area contributed by atoms with Crippen LogP contribution in [0.3, 0.4) is 0 Å². The van der Waals surface area contributed by atoms with Crippen LogP contribution in [0.25, 0.3) is 10.9 Å². The molecular formula is C25H27ClN4O3. The zero-order valence-electron chi connectivity index (χ0n) is 18.4. The summed E-state index contributed by atoms with van der Waals surface area (Å²) in [5, 5.41) is 13.9.